The highest BCUT2D eigenvalue weighted by Gasteiger charge is 2.55. The van der Waals surface area contributed by atoms with Gasteiger partial charge in [0, 0.05) is 30.0 Å². The van der Waals surface area contributed by atoms with Gasteiger partial charge in [-0.15, -0.1) is 23.2 Å². The number of halogens is 2. The van der Waals surface area contributed by atoms with Gasteiger partial charge in [0.05, 0.1) is 13.2 Å². The quantitative estimate of drug-likeness (QED) is 0.182. The summed E-state index contributed by atoms with van der Waals surface area (Å²) in [4.78, 5) is 40.3. The maximum absolute atomic E-state index is 11.8. The molecule has 0 amide bonds. The maximum atomic E-state index is 11.8. The van der Waals surface area contributed by atoms with E-state index in [0.717, 1.165) is 15.2 Å². The van der Waals surface area contributed by atoms with E-state index in [0.29, 0.717) is 11.5 Å². The molecular weight excluding hydrogens is 613 g/mol. The Labute approximate surface area is 246 Å². The molecule has 0 aliphatic carbocycles. The smallest absolute Gasteiger partial charge is 0.351 e. The number of anilines is 1. The van der Waals surface area contributed by atoms with Crippen LogP contribution >= 0.6 is 46.7 Å². The highest BCUT2D eigenvalue weighted by Crippen LogP contribution is 2.42. The Balaban J connectivity index is 0.000000220. The van der Waals surface area contributed by atoms with Crippen LogP contribution in [0.1, 0.15) is 12.5 Å². The SMILES string of the molecule is CSC[C@]1(CO)O[C@@H](n2ccc(=O)[nH]c2=O)[C@H](Cl)[C@@H]1O.CSC[C@]1(CO)O[C@@H](n2ccc(N)nc2=O)[C@H](Cl)[C@@H]1O. The number of alkyl halides is 2. The molecule has 0 aromatic carbocycles. The predicted molar refractivity (Wildman–Crippen MR) is 152 cm³/mol. The van der Waals surface area contributed by atoms with E-state index >= 15 is 0 Å². The molecule has 2 aliphatic rings. The second-order valence-corrected chi connectivity index (χ2v) is 11.9. The number of nitrogens with zero attached hydrogens (tertiary/aromatic N) is 3. The number of nitrogen functional groups attached to an aromatic ring is 1. The van der Waals surface area contributed by atoms with Gasteiger partial charge in [-0.3, -0.25) is 18.9 Å². The molecule has 0 radical (unpaired) electrons. The molecule has 2 aromatic rings. The number of aliphatic hydroxyl groups excluding tert-OH is 4. The van der Waals surface area contributed by atoms with Gasteiger partial charge in [-0.1, -0.05) is 0 Å². The van der Waals surface area contributed by atoms with Crippen LogP contribution in [0, 0.1) is 0 Å². The Morgan fingerprint density at radius 2 is 1.43 bits per heavy atom. The van der Waals surface area contributed by atoms with Crippen LogP contribution in [0.25, 0.3) is 0 Å². The lowest BCUT2D eigenvalue weighted by Gasteiger charge is -2.29. The molecule has 8 atom stereocenters. The third-order valence-electron chi connectivity index (χ3n) is 6.50. The standard InChI is InChI=1S/C11H16ClN3O4S.C11H15ClN2O5S/c1-20-5-11(4-16)8(17)7(12)9(19-11)15-3-2-6(13)14-10(15)18;1-20-5-11(4-15)8(17)7(12)9(19-11)14-3-2-6(16)13-10(14)18/h2-3,7-9,16-17H,4-5H2,1H3,(H2,13,14,18);2-3,7-9,15,17H,4-5H2,1H3,(H,13,16,18)/t2*7-,8+,9-,11+/m11/s1. The summed E-state index contributed by atoms with van der Waals surface area (Å²) in [5.74, 6) is 0.762. The van der Waals surface area contributed by atoms with Crippen LogP contribution in [0.5, 0.6) is 0 Å². The van der Waals surface area contributed by atoms with Gasteiger partial charge in [-0.25, -0.2) is 9.59 Å². The van der Waals surface area contributed by atoms with Crippen LogP contribution in [-0.2, 0) is 9.47 Å². The largest absolute Gasteiger partial charge is 0.393 e. The molecular formula is C22H31Cl2N5O9S2. The van der Waals surface area contributed by atoms with Crippen molar-refractivity contribution >= 4 is 52.5 Å². The van der Waals surface area contributed by atoms with Gasteiger partial charge < -0.3 is 35.6 Å². The number of rotatable bonds is 8. The summed E-state index contributed by atoms with van der Waals surface area (Å²) in [6.45, 7) is -0.821. The van der Waals surface area contributed by atoms with Crippen molar-refractivity contribution in [2.45, 2.75) is 46.6 Å². The van der Waals surface area contributed by atoms with Crippen molar-refractivity contribution in [3.8, 4) is 0 Å². The van der Waals surface area contributed by atoms with Crippen LogP contribution in [-0.4, -0.2) is 111 Å². The highest BCUT2D eigenvalue weighted by molar-refractivity contribution is 7.98. The number of thioether (sulfide) groups is 2. The van der Waals surface area contributed by atoms with Crippen molar-refractivity contribution in [1.29, 1.82) is 0 Å². The fourth-order valence-corrected chi connectivity index (χ4v) is 6.83. The molecule has 0 unspecified atom stereocenters. The fraction of sp³-hybridized carbons (Fsp3) is 0.636. The number of aromatic amines is 1. The first-order valence-corrected chi connectivity index (χ1v) is 15.4. The predicted octanol–water partition coefficient (Wildman–Crippen LogP) is -1.46. The zero-order valence-corrected chi connectivity index (χ0v) is 24.6. The van der Waals surface area contributed by atoms with E-state index in [4.69, 9.17) is 38.4 Å². The molecule has 4 heterocycles. The van der Waals surface area contributed by atoms with E-state index < -0.39 is 76.8 Å². The minimum Gasteiger partial charge on any atom is -0.393 e. The lowest BCUT2D eigenvalue weighted by molar-refractivity contribution is -0.113. The molecule has 2 aliphatic heterocycles. The van der Waals surface area contributed by atoms with Gasteiger partial charge in [0.25, 0.3) is 5.56 Å². The summed E-state index contributed by atoms with van der Waals surface area (Å²) >= 11 is 15.1. The van der Waals surface area contributed by atoms with Gasteiger partial charge >= 0.3 is 11.4 Å². The average molecular weight is 645 g/mol. The van der Waals surface area contributed by atoms with Crippen LogP contribution in [0.2, 0.25) is 0 Å². The molecule has 14 nitrogen and oxygen atoms in total. The van der Waals surface area contributed by atoms with Crippen molar-refractivity contribution in [3.05, 3.63) is 55.8 Å². The first-order chi connectivity index (χ1) is 18.9. The van der Waals surface area contributed by atoms with Crippen LogP contribution in [0.3, 0.4) is 0 Å². The topological polar surface area (TPSA) is 215 Å². The van der Waals surface area contributed by atoms with Crippen molar-refractivity contribution in [2.75, 3.05) is 43.0 Å². The minimum atomic E-state index is -1.23. The molecule has 0 spiro atoms. The first-order valence-electron chi connectivity index (χ1n) is 11.8. The number of hydrogen-bond donors (Lipinski definition) is 6. The van der Waals surface area contributed by atoms with Crippen molar-refractivity contribution in [3.63, 3.8) is 0 Å². The second-order valence-electron chi connectivity index (χ2n) is 9.17. The minimum absolute atomic E-state index is 0.0912. The third kappa shape index (κ3) is 6.40. The number of aromatic nitrogens is 4. The number of nitrogens with two attached hydrogens (primary N) is 1. The van der Waals surface area contributed by atoms with E-state index in [1.54, 1.807) is 6.26 Å². The van der Waals surface area contributed by atoms with Crippen LogP contribution < -0.4 is 22.7 Å². The van der Waals surface area contributed by atoms with Crippen LogP contribution in [0.4, 0.5) is 5.82 Å². The summed E-state index contributed by atoms with van der Waals surface area (Å²) < 4.78 is 13.6. The summed E-state index contributed by atoms with van der Waals surface area (Å²) in [5, 5.41) is 37.7. The Hall–Kier alpha value is -1.60. The van der Waals surface area contributed by atoms with E-state index in [9.17, 15) is 34.8 Å². The summed E-state index contributed by atoms with van der Waals surface area (Å²) in [6.07, 6.45) is 2.17. The summed E-state index contributed by atoms with van der Waals surface area (Å²) in [5.41, 5.74) is 1.16. The van der Waals surface area contributed by atoms with Gasteiger partial charge in [-0.05, 0) is 18.6 Å². The molecule has 4 rings (SSSR count). The van der Waals surface area contributed by atoms with E-state index in [-0.39, 0.29) is 5.82 Å². The molecule has 2 saturated heterocycles. The normalized spacial score (nSPS) is 33.5. The average Bonchev–Trinajstić information content (AvgIpc) is 3.31. The number of ether oxygens (including phenoxy) is 2. The Morgan fingerprint density at radius 1 is 0.950 bits per heavy atom. The summed E-state index contributed by atoms with van der Waals surface area (Å²) in [6, 6.07) is 2.60. The number of nitrogens with one attached hydrogen (secondary N) is 1. The Bertz CT molecular complexity index is 1330. The highest BCUT2D eigenvalue weighted by atomic mass is 35.5. The first kappa shape index (κ1) is 32.9. The maximum Gasteiger partial charge on any atom is 0.351 e. The fourth-order valence-electron chi connectivity index (χ4n) is 4.39. The number of aliphatic hydroxyl groups is 4. The molecule has 2 fully saturated rings. The Morgan fingerprint density at radius 3 is 1.85 bits per heavy atom. The van der Waals surface area contributed by atoms with Gasteiger partial charge in [0.15, 0.2) is 12.5 Å². The van der Waals surface area contributed by atoms with Gasteiger partial charge in [0.2, 0.25) is 0 Å². The molecule has 40 heavy (non-hydrogen) atoms. The molecule has 7 N–H and O–H groups in total. The zero-order valence-electron chi connectivity index (χ0n) is 21.4. The molecule has 0 bridgehead atoms. The van der Waals surface area contributed by atoms with E-state index in [1.807, 2.05) is 6.26 Å². The van der Waals surface area contributed by atoms with E-state index in [2.05, 4.69) is 9.97 Å². The molecule has 18 heteroatoms. The van der Waals surface area contributed by atoms with Gasteiger partial charge in [-0.2, -0.15) is 28.5 Å². The lowest BCUT2D eigenvalue weighted by atomic mass is 10.00. The van der Waals surface area contributed by atoms with Crippen molar-refractivity contribution in [2.24, 2.45) is 0 Å². The van der Waals surface area contributed by atoms with E-state index in [1.165, 1.54) is 42.0 Å². The molecule has 0 saturated carbocycles. The van der Waals surface area contributed by atoms with Gasteiger partial charge in [0.1, 0.15) is 40.0 Å². The number of hydrogen-bond acceptors (Lipinski definition) is 13. The number of H-pyrrole nitrogens is 1. The van der Waals surface area contributed by atoms with Crippen molar-refractivity contribution < 1.29 is 29.9 Å². The molecule has 224 valence electrons. The van der Waals surface area contributed by atoms with Crippen LogP contribution in [0.15, 0.2) is 38.9 Å². The van der Waals surface area contributed by atoms with Crippen molar-refractivity contribution in [1.82, 2.24) is 19.1 Å². The Kier molecular flexibility index (Phi) is 11.2. The molecule has 2 aromatic heterocycles. The second kappa shape index (κ2) is 13.6. The zero-order chi connectivity index (χ0) is 29.8. The monoisotopic (exact) mass is 643 g/mol. The summed E-state index contributed by atoms with van der Waals surface area (Å²) in [7, 11) is 0. The lowest BCUT2D eigenvalue weighted by Crippen LogP contribution is -2.47. The third-order valence-corrected chi connectivity index (χ3v) is 8.96.